The summed E-state index contributed by atoms with van der Waals surface area (Å²) < 4.78 is 22.5. The molecule has 3 aliphatic rings. The van der Waals surface area contributed by atoms with Gasteiger partial charge in [0.1, 0.15) is 11.5 Å². The van der Waals surface area contributed by atoms with E-state index in [0.29, 0.717) is 57.2 Å². The molecule has 37 heavy (non-hydrogen) atoms. The molecule has 2 bridgehead atoms. The van der Waals surface area contributed by atoms with Gasteiger partial charge in [0.25, 0.3) is 0 Å². The van der Waals surface area contributed by atoms with E-state index in [1.54, 1.807) is 20.1 Å². The number of carbonyl (C=O) groups is 1. The van der Waals surface area contributed by atoms with Crippen molar-refractivity contribution in [2.45, 2.75) is 38.4 Å². The molecule has 0 saturated carbocycles. The Kier molecular flexibility index (Phi) is 5.91. The maximum atomic E-state index is 14.0. The van der Waals surface area contributed by atoms with Crippen LogP contribution in [0.15, 0.2) is 5.70 Å². The van der Waals surface area contributed by atoms with Gasteiger partial charge in [-0.3, -0.25) is 9.69 Å². The van der Waals surface area contributed by atoms with Gasteiger partial charge in [0, 0.05) is 45.5 Å². The number of benzene rings is 2. The van der Waals surface area contributed by atoms with Crippen LogP contribution in [-0.4, -0.2) is 79.2 Å². The highest BCUT2D eigenvalue weighted by molar-refractivity contribution is 5.91. The van der Waals surface area contributed by atoms with E-state index in [1.165, 1.54) is 26.2 Å². The molecule has 10 nitrogen and oxygen atoms in total. The smallest absolute Gasteiger partial charge is 0.245 e. The summed E-state index contributed by atoms with van der Waals surface area (Å²) in [6.07, 6.45) is 2.08. The van der Waals surface area contributed by atoms with Gasteiger partial charge >= 0.3 is 0 Å². The topological polar surface area (TPSA) is 121 Å². The normalized spacial score (nSPS) is 22.1. The number of piperazine rings is 1. The van der Waals surface area contributed by atoms with E-state index in [4.69, 9.17) is 18.9 Å². The van der Waals surface area contributed by atoms with Gasteiger partial charge in [-0.15, -0.1) is 0 Å². The van der Waals surface area contributed by atoms with Gasteiger partial charge in [0.05, 0.1) is 53.2 Å². The van der Waals surface area contributed by atoms with Crippen molar-refractivity contribution in [1.29, 1.82) is 0 Å². The van der Waals surface area contributed by atoms with E-state index in [0.717, 1.165) is 5.56 Å². The van der Waals surface area contributed by atoms with Crippen LogP contribution in [0.5, 0.6) is 34.5 Å². The van der Waals surface area contributed by atoms with Crippen molar-refractivity contribution in [2.75, 3.05) is 42.1 Å². The quantitative estimate of drug-likeness (QED) is 0.555. The van der Waals surface area contributed by atoms with Crippen molar-refractivity contribution < 1.29 is 39.1 Å². The van der Waals surface area contributed by atoms with Crippen LogP contribution in [0.4, 0.5) is 0 Å². The standard InChI is InChI=1S/C27H32N2O8/c1-11-23(34-4)13-8-15-20-19-14(24(35-5)12(2)26(37-7)22(19)32)9-16(28(20)3)27(33)29(15)17(10-30)18(13)21(31)25(11)36-6/h8,16-17,20,30-32H,9-10H2,1-7H3/t16-,17-,20-/m0/s1. The molecule has 3 atom stereocenters. The molecule has 0 aromatic heterocycles. The number of hydrogen-bond acceptors (Lipinski definition) is 9. The maximum Gasteiger partial charge on any atom is 0.245 e. The van der Waals surface area contributed by atoms with Crippen molar-refractivity contribution in [3.05, 3.63) is 39.1 Å². The fourth-order valence-corrected chi connectivity index (χ4v) is 6.46. The van der Waals surface area contributed by atoms with Gasteiger partial charge in [-0.1, -0.05) is 0 Å². The number of amides is 1. The zero-order chi connectivity index (χ0) is 26.9. The molecule has 3 N–H and O–H groups in total. The summed E-state index contributed by atoms with van der Waals surface area (Å²) in [6.45, 7) is 3.13. The zero-order valence-corrected chi connectivity index (χ0v) is 22.0. The number of aromatic hydroxyl groups is 2. The van der Waals surface area contributed by atoms with Gasteiger partial charge in [0.15, 0.2) is 23.0 Å². The molecule has 2 aromatic rings. The number of fused-ring (bicyclic) bond motifs is 7. The predicted octanol–water partition coefficient (Wildman–Crippen LogP) is 2.58. The molecule has 198 valence electrons. The molecule has 3 heterocycles. The van der Waals surface area contributed by atoms with Crippen molar-refractivity contribution >= 4 is 12.0 Å². The van der Waals surface area contributed by atoms with Crippen molar-refractivity contribution in [3.8, 4) is 34.5 Å². The summed E-state index contributed by atoms with van der Waals surface area (Å²) in [5.74, 6) is 1.16. The molecule has 1 fully saturated rings. The molecule has 1 amide bonds. The van der Waals surface area contributed by atoms with E-state index >= 15 is 0 Å². The molecular weight excluding hydrogens is 480 g/mol. The molecule has 5 rings (SSSR count). The van der Waals surface area contributed by atoms with Crippen LogP contribution < -0.4 is 18.9 Å². The number of ether oxygens (including phenoxy) is 4. The Bertz CT molecular complexity index is 1350. The average molecular weight is 513 g/mol. The van der Waals surface area contributed by atoms with E-state index in [9.17, 15) is 20.1 Å². The van der Waals surface area contributed by atoms with Crippen LogP contribution in [-0.2, 0) is 11.2 Å². The van der Waals surface area contributed by atoms with E-state index < -0.39 is 24.7 Å². The van der Waals surface area contributed by atoms with Crippen molar-refractivity contribution in [3.63, 3.8) is 0 Å². The second-order valence-electron chi connectivity index (χ2n) is 9.56. The van der Waals surface area contributed by atoms with Crippen molar-refractivity contribution in [2.24, 2.45) is 0 Å². The Morgan fingerprint density at radius 1 is 0.892 bits per heavy atom. The highest BCUT2D eigenvalue weighted by Crippen LogP contribution is 2.58. The molecule has 10 heteroatoms. The summed E-state index contributed by atoms with van der Waals surface area (Å²) in [5, 5.41) is 33.2. The molecule has 0 radical (unpaired) electrons. The number of phenolic OH excluding ortho intramolecular Hbond substituents is 2. The van der Waals surface area contributed by atoms with Crippen LogP contribution in [0, 0.1) is 13.8 Å². The molecule has 0 unspecified atom stereocenters. The van der Waals surface area contributed by atoms with E-state index in [2.05, 4.69) is 0 Å². The lowest BCUT2D eigenvalue weighted by atomic mass is 9.77. The number of carbonyl (C=O) groups excluding carboxylic acids is 1. The Labute approximate surface area is 215 Å². The fourth-order valence-electron chi connectivity index (χ4n) is 6.46. The van der Waals surface area contributed by atoms with Crippen LogP contribution in [0.1, 0.15) is 45.5 Å². The van der Waals surface area contributed by atoms with Crippen molar-refractivity contribution in [1.82, 2.24) is 9.80 Å². The Balaban J connectivity index is 1.88. The third-order valence-corrected chi connectivity index (χ3v) is 8.01. The fraction of sp³-hybridized carbons (Fsp3) is 0.444. The predicted molar refractivity (Wildman–Crippen MR) is 135 cm³/mol. The number of aliphatic hydroxyl groups excluding tert-OH is 1. The first kappa shape index (κ1) is 25.0. The third-order valence-electron chi connectivity index (χ3n) is 8.01. The summed E-state index contributed by atoms with van der Waals surface area (Å²) in [5.41, 5.74) is 4.00. The number of aliphatic hydroxyl groups is 1. The summed E-state index contributed by atoms with van der Waals surface area (Å²) in [7, 11) is 7.85. The number of likely N-dealkylation sites (N-methyl/N-ethyl adjacent to an activating group) is 1. The van der Waals surface area contributed by atoms with Gasteiger partial charge in [-0.25, -0.2) is 0 Å². The number of methoxy groups -OCH3 is 4. The SMILES string of the molecule is COc1c(C)c(OC)c2c(c1O)[C@H](CO)N1C(=O)[C@@H]3Cc4c(OC)c(C)c(OC)c(O)c4[C@H](C1=C2)N3C. The summed E-state index contributed by atoms with van der Waals surface area (Å²) in [4.78, 5) is 17.5. The highest BCUT2D eigenvalue weighted by Gasteiger charge is 2.53. The first-order valence-corrected chi connectivity index (χ1v) is 12.0. The Hall–Kier alpha value is -3.63. The molecule has 0 aliphatic carbocycles. The lowest BCUT2D eigenvalue weighted by Crippen LogP contribution is -2.60. The first-order chi connectivity index (χ1) is 17.7. The van der Waals surface area contributed by atoms with Gasteiger partial charge < -0.3 is 39.2 Å². The molecule has 0 spiro atoms. The van der Waals surface area contributed by atoms with Gasteiger partial charge in [-0.05, 0) is 27.0 Å². The Morgan fingerprint density at radius 2 is 1.43 bits per heavy atom. The molecule has 2 aromatic carbocycles. The van der Waals surface area contributed by atoms with Crippen LogP contribution in [0.2, 0.25) is 0 Å². The van der Waals surface area contributed by atoms with Gasteiger partial charge in [-0.2, -0.15) is 0 Å². The maximum absolute atomic E-state index is 14.0. The number of nitrogens with zero attached hydrogens (tertiary/aromatic N) is 2. The third kappa shape index (κ3) is 3.09. The molecule has 3 aliphatic heterocycles. The number of phenols is 2. The minimum absolute atomic E-state index is 0.0200. The monoisotopic (exact) mass is 512 g/mol. The zero-order valence-electron chi connectivity index (χ0n) is 22.0. The summed E-state index contributed by atoms with van der Waals surface area (Å²) in [6, 6.07) is -2.03. The second-order valence-corrected chi connectivity index (χ2v) is 9.56. The average Bonchev–Trinajstić information content (AvgIpc) is 2.87. The van der Waals surface area contributed by atoms with E-state index in [-0.39, 0.29) is 23.2 Å². The van der Waals surface area contributed by atoms with Crippen LogP contribution in [0.3, 0.4) is 0 Å². The number of hydrogen-bond donors (Lipinski definition) is 3. The van der Waals surface area contributed by atoms with Crippen LogP contribution in [0.25, 0.3) is 6.08 Å². The minimum Gasteiger partial charge on any atom is -0.504 e. The second kappa shape index (κ2) is 8.74. The lowest BCUT2D eigenvalue weighted by molar-refractivity contribution is -0.144. The minimum atomic E-state index is -0.887. The van der Waals surface area contributed by atoms with Gasteiger partial charge in [0.2, 0.25) is 5.91 Å². The van der Waals surface area contributed by atoms with Crippen LogP contribution >= 0.6 is 0 Å². The first-order valence-electron chi connectivity index (χ1n) is 12.0. The largest absolute Gasteiger partial charge is 0.504 e. The lowest BCUT2D eigenvalue weighted by Gasteiger charge is -2.53. The Morgan fingerprint density at radius 3 is 1.97 bits per heavy atom. The van der Waals surface area contributed by atoms with E-state index in [1.807, 2.05) is 18.9 Å². The summed E-state index contributed by atoms with van der Waals surface area (Å²) >= 11 is 0. The highest BCUT2D eigenvalue weighted by atomic mass is 16.5. The molecular formula is C27H32N2O8. The molecule has 1 saturated heterocycles. The number of rotatable bonds is 5.